The van der Waals surface area contributed by atoms with E-state index in [1.54, 1.807) is 15.7 Å². The number of carbonyl (C=O) groups is 1. The molecule has 132 valence electrons. The molecule has 7 nitrogen and oxygen atoms in total. The number of fused-ring (bicyclic) bond motifs is 3. The SMILES string of the molecule is Cc1sc2nc(C3CC3)n3c(=O)n(CC(=O)NC(C)C)nc3c2c1C. The lowest BCUT2D eigenvalue weighted by atomic mass is 10.2. The summed E-state index contributed by atoms with van der Waals surface area (Å²) in [5.41, 5.74) is 1.44. The zero-order valence-corrected chi connectivity index (χ0v) is 15.6. The van der Waals surface area contributed by atoms with Gasteiger partial charge in [0, 0.05) is 16.8 Å². The molecule has 25 heavy (non-hydrogen) atoms. The molecule has 3 heterocycles. The second-order valence-corrected chi connectivity index (χ2v) is 8.23. The second kappa shape index (κ2) is 5.66. The van der Waals surface area contributed by atoms with Gasteiger partial charge in [0.25, 0.3) is 0 Å². The van der Waals surface area contributed by atoms with Crippen LogP contribution >= 0.6 is 11.3 Å². The Morgan fingerprint density at radius 2 is 2.08 bits per heavy atom. The Kier molecular flexibility index (Phi) is 3.68. The minimum atomic E-state index is -0.284. The molecular formula is C17H21N5O2S. The number of nitrogens with one attached hydrogen (secondary N) is 1. The molecule has 0 unspecified atom stereocenters. The van der Waals surface area contributed by atoms with Gasteiger partial charge in [-0.25, -0.2) is 18.9 Å². The lowest BCUT2D eigenvalue weighted by molar-refractivity contribution is -0.122. The predicted octanol–water partition coefficient (Wildman–Crippen LogP) is 2.12. The minimum Gasteiger partial charge on any atom is -0.352 e. The number of carbonyl (C=O) groups excluding carboxylic acids is 1. The van der Waals surface area contributed by atoms with Crippen molar-refractivity contribution in [3.63, 3.8) is 0 Å². The fraction of sp³-hybridized carbons (Fsp3) is 0.529. The molecule has 0 bridgehead atoms. The highest BCUT2D eigenvalue weighted by molar-refractivity contribution is 7.18. The molecule has 3 aromatic rings. The van der Waals surface area contributed by atoms with Crippen LogP contribution in [0.4, 0.5) is 0 Å². The summed E-state index contributed by atoms with van der Waals surface area (Å²) in [6, 6.07) is 0.0254. The van der Waals surface area contributed by atoms with Gasteiger partial charge in [-0.05, 0) is 46.1 Å². The van der Waals surface area contributed by atoms with E-state index in [4.69, 9.17) is 4.98 Å². The number of aromatic nitrogens is 4. The average Bonchev–Trinajstić information content (AvgIpc) is 3.26. The summed E-state index contributed by atoms with van der Waals surface area (Å²) in [5.74, 6) is 0.884. The maximum Gasteiger partial charge on any atom is 0.352 e. The molecule has 1 N–H and O–H groups in total. The van der Waals surface area contributed by atoms with Crippen molar-refractivity contribution in [2.45, 2.75) is 59.0 Å². The molecule has 0 saturated heterocycles. The van der Waals surface area contributed by atoms with Crippen molar-refractivity contribution in [3.8, 4) is 0 Å². The lowest BCUT2D eigenvalue weighted by Crippen LogP contribution is -2.36. The highest BCUT2D eigenvalue weighted by Crippen LogP contribution is 2.41. The smallest absolute Gasteiger partial charge is 0.352 e. The maximum absolute atomic E-state index is 12.9. The molecule has 0 spiro atoms. The number of thiophene rings is 1. The molecule has 1 fully saturated rings. The van der Waals surface area contributed by atoms with Crippen molar-refractivity contribution in [1.82, 2.24) is 24.5 Å². The van der Waals surface area contributed by atoms with Crippen LogP contribution in [-0.2, 0) is 11.3 Å². The lowest BCUT2D eigenvalue weighted by Gasteiger charge is -2.06. The van der Waals surface area contributed by atoms with E-state index in [0.29, 0.717) is 11.6 Å². The van der Waals surface area contributed by atoms with Gasteiger partial charge in [0.1, 0.15) is 17.2 Å². The Bertz CT molecular complexity index is 1050. The van der Waals surface area contributed by atoms with Gasteiger partial charge in [-0.1, -0.05) is 0 Å². The van der Waals surface area contributed by atoms with Gasteiger partial charge < -0.3 is 5.32 Å². The third-order valence-electron chi connectivity index (χ3n) is 4.56. The molecule has 1 aliphatic rings. The minimum absolute atomic E-state index is 0.0254. The van der Waals surface area contributed by atoms with Crippen LogP contribution in [0.5, 0.6) is 0 Å². The van der Waals surface area contributed by atoms with Gasteiger partial charge in [-0.15, -0.1) is 16.4 Å². The summed E-state index contributed by atoms with van der Waals surface area (Å²) in [7, 11) is 0. The Morgan fingerprint density at radius 1 is 1.36 bits per heavy atom. The molecule has 1 saturated carbocycles. The summed E-state index contributed by atoms with van der Waals surface area (Å²) >= 11 is 1.64. The van der Waals surface area contributed by atoms with E-state index in [-0.39, 0.29) is 24.2 Å². The summed E-state index contributed by atoms with van der Waals surface area (Å²) in [4.78, 5) is 31.9. The molecule has 1 amide bonds. The first-order valence-electron chi connectivity index (χ1n) is 8.55. The monoisotopic (exact) mass is 359 g/mol. The molecular weight excluding hydrogens is 338 g/mol. The standard InChI is InChI=1S/C17H21N5O2S/c1-8(2)18-12(23)7-21-17(24)22-14(11-5-6-11)19-16-13(15(22)20-21)9(3)10(4)25-16/h8,11H,5-7H2,1-4H3,(H,18,23). The fourth-order valence-corrected chi connectivity index (χ4v) is 4.13. The zero-order chi connectivity index (χ0) is 17.9. The Labute approximate surface area is 148 Å². The predicted molar refractivity (Wildman–Crippen MR) is 97.4 cm³/mol. The summed E-state index contributed by atoms with van der Waals surface area (Å²) in [6.07, 6.45) is 2.09. The van der Waals surface area contributed by atoms with E-state index in [2.05, 4.69) is 17.3 Å². The van der Waals surface area contributed by atoms with E-state index in [0.717, 1.165) is 34.4 Å². The van der Waals surface area contributed by atoms with Crippen LogP contribution in [0.25, 0.3) is 15.9 Å². The van der Waals surface area contributed by atoms with Crippen LogP contribution in [0.1, 0.15) is 48.9 Å². The Morgan fingerprint density at radius 3 is 2.72 bits per heavy atom. The third kappa shape index (κ3) is 2.64. The first kappa shape index (κ1) is 16.3. The van der Waals surface area contributed by atoms with Gasteiger partial charge in [0.2, 0.25) is 5.91 Å². The Balaban J connectivity index is 1.94. The summed E-state index contributed by atoms with van der Waals surface area (Å²) in [5, 5.41) is 8.23. The topological polar surface area (TPSA) is 81.3 Å². The largest absolute Gasteiger partial charge is 0.352 e. The number of aryl methyl sites for hydroxylation is 2. The molecule has 1 aliphatic carbocycles. The van der Waals surface area contributed by atoms with Crippen molar-refractivity contribution < 1.29 is 4.79 Å². The second-order valence-electron chi connectivity index (χ2n) is 7.03. The van der Waals surface area contributed by atoms with E-state index in [1.807, 2.05) is 20.8 Å². The van der Waals surface area contributed by atoms with Crippen LogP contribution in [0.15, 0.2) is 4.79 Å². The van der Waals surface area contributed by atoms with Crippen LogP contribution < -0.4 is 11.0 Å². The van der Waals surface area contributed by atoms with Crippen molar-refractivity contribution in [2.75, 3.05) is 0 Å². The van der Waals surface area contributed by atoms with Crippen molar-refractivity contribution >= 4 is 33.1 Å². The average molecular weight is 359 g/mol. The van der Waals surface area contributed by atoms with E-state index >= 15 is 0 Å². The number of hydrogen-bond donors (Lipinski definition) is 1. The summed E-state index contributed by atoms with van der Waals surface area (Å²) < 4.78 is 2.87. The quantitative estimate of drug-likeness (QED) is 0.774. The third-order valence-corrected chi connectivity index (χ3v) is 5.66. The van der Waals surface area contributed by atoms with Crippen molar-refractivity contribution in [3.05, 3.63) is 26.7 Å². The number of amides is 1. The Hall–Kier alpha value is -2.22. The number of hydrogen-bond acceptors (Lipinski definition) is 5. The van der Waals surface area contributed by atoms with Crippen molar-refractivity contribution in [2.24, 2.45) is 0 Å². The van der Waals surface area contributed by atoms with Gasteiger partial charge >= 0.3 is 5.69 Å². The van der Waals surface area contributed by atoms with Gasteiger partial charge in [0.15, 0.2) is 5.65 Å². The van der Waals surface area contributed by atoms with Crippen LogP contribution in [0.3, 0.4) is 0 Å². The number of nitrogens with zero attached hydrogens (tertiary/aromatic N) is 4. The molecule has 0 aliphatic heterocycles. The van der Waals surface area contributed by atoms with Crippen molar-refractivity contribution in [1.29, 1.82) is 0 Å². The highest BCUT2D eigenvalue weighted by atomic mass is 32.1. The molecule has 0 atom stereocenters. The molecule has 3 aromatic heterocycles. The van der Waals surface area contributed by atoms with Gasteiger partial charge in [0.05, 0.1) is 5.39 Å². The van der Waals surface area contributed by atoms with Crippen LogP contribution in [0, 0.1) is 13.8 Å². The van der Waals surface area contributed by atoms with Crippen LogP contribution in [0.2, 0.25) is 0 Å². The normalized spacial score (nSPS) is 14.8. The van der Waals surface area contributed by atoms with Crippen LogP contribution in [-0.4, -0.2) is 31.1 Å². The van der Waals surface area contributed by atoms with E-state index in [1.165, 1.54) is 9.56 Å². The first-order valence-corrected chi connectivity index (χ1v) is 9.37. The zero-order valence-electron chi connectivity index (χ0n) is 14.8. The number of rotatable bonds is 4. The fourth-order valence-electron chi connectivity index (χ4n) is 3.10. The molecule has 0 radical (unpaired) electrons. The maximum atomic E-state index is 12.9. The molecule has 0 aromatic carbocycles. The summed E-state index contributed by atoms with van der Waals surface area (Å²) in [6.45, 7) is 7.79. The highest BCUT2D eigenvalue weighted by Gasteiger charge is 2.31. The van der Waals surface area contributed by atoms with Gasteiger partial charge in [-0.3, -0.25) is 4.79 Å². The van der Waals surface area contributed by atoms with E-state index in [9.17, 15) is 9.59 Å². The first-order chi connectivity index (χ1) is 11.9. The van der Waals surface area contributed by atoms with Gasteiger partial charge in [-0.2, -0.15) is 0 Å². The van der Waals surface area contributed by atoms with E-state index < -0.39 is 0 Å². The molecule has 8 heteroatoms. The molecule has 4 rings (SSSR count).